The van der Waals surface area contributed by atoms with Crippen LogP contribution in [0.25, 0.3) is 17.1 Å². The van der Waals surface area contributed by atoms with Crippen molar-refractivity contribution in [3.8, 4) is 17.1 Å². The molecule has 0 N–H and O–H groups in total. The van der Waals surface area contributed by atoms with Gasteiger partial charge in [-0.2, -0.15) is 5.10 Å². The molecule has 0 fully saturated rings. The van der Waals surface area contributed by atoms with Crippen LogP contribution in [0.5, 0.6) is 0 Å². The molecule has 0 spiro atoms. The summed E-state index contributed by atoms with van der Waals surface area (Å²) in [6, 6.07) is 8.21. The lowest BCUT2D eigenvalue weighted by Crippen LogP contribution is -2.03. The smallest absolute Gasteiger partial charge is 0.216 e. The second kappa shape index (κ2) is 4.85. The van der Waals surface area contributed by atoms with E-state index in [2.05, 4.69) is 15.1 Å². The normalized spacial score (nSPS) is 10.8. The van der Waals surface area contributed by atoms with E-state index < -0.39 is 0 Å². The summed E-state index contributed by atoms with van der Waals surface area (Å²) >= 11 is 0. The van der Waals surface area contributed by atoms with Crippen LogP contribution in [0.15, 0.2) is 42.7 Å². The molecule has 0 atom stereocenters. The minimum absolute atomic E-state index is 0.251. The molecule has 0 aliphatic rings. The van der Waals surface area contributed by atoms with Crippen molar-refractivity contribution in [2.75, 3.05) is 0 Å². The van der Waals surface area contributed by atoms with Gasteiger partial charge in [0.15, 0.2) is 0 Å². The number of nitrogens with zero attached hydrogens (tertiary/aromatic N) is 4. The Hall–Kier alpha value is -2.56. The van der Waals surface area contributed by atoms with Crippen LogP contribution in [-0.2, 0) is 0 Å². The fourth-order valence-corrected chi connectivity index (χ4v) is 2.03. The summed E-state index contributed by atoms with van der Waals surface area (Å²) in [5.41, 5.74) is 3.59. The van der Waals surface area contributed by atoms with Gasteiger partial charge in [0.05, 0.1) is 6.20 Å². The first-order valence-electron chi connectivity index (χ1n) is 6.25. The summed E-state index contributed by atoms with van der Waals surface area (Å²) in [5, 5.41) is 4.27. The van der Waals surface area contributed by atoms with Crippen LogP contribution in [0, 0.1) is 19.7 Å². The molecule has 0 unspecified atom stereocenters. The Morgan fingerprint density at radius 3 is 2.25 bits per heavy atom. The number of benzene rings is 1. The minimum atomic E-state index is -0.251. The maximum Gasteiger partial charge on any atom is 0.250 e. The van der Waals surface area contributed by atoms with Crippen molar-refractivity contribution in [1.29, 1.82) is 0 Å². The van der Waals surface area contributed by atoms with Crippen LogP contribution >= 0.6 is 0 Å². The number of hydrogen-bond acceptors (Lipinski definition) is 3. The van der Waals surface area contributed by atoms with Crippen molar-refractivity contribution in [3.63, 3.8) is 0 Å². The van der Waals surface area contributed by atoms with Gasteiger partial charge in [-0.05, 0) is 37.6 Å². The fourth-order valence-electron chi connectivity index (χ4n) is 2.03. The van der Waals surface area contributed by atoms with Gasteiger partial charge in [0.2, 0.25) is 0 Å². The number of halogens is 1. The highest BCUT2D eigenvalue weighted by molar-refractivity contribution is 5.61. The molecule has 0 saturated carbocycles. The maximum atomic E-state index is 12.9. The summed E-state index contributed by atoms with van der Waals surface area (Å²) in [6.07, 6.45) is 3.55. The molecule has 2 aromatic heterocycles. The molecule has 20 heavy (non-hydrogen) atoms. The molecule has 0 saturated heterocycles. The molecule has 3 aromatic rings. The van der Waals surface area contributed by atoms with Crippen molar-refractivity contribution >= 4 is 0 Å². The summed E-state index contributed by atoms with van der Waals surface area (Å²) in [5.74, 6) is 0.287. The Morgan fingerprint density at radius 1 is 0.950 bits per heavy atom. The van der Waals surface area contributed by atoms with E-state index in [1.807, 2.05) is 26.1 Å². The third kappa shape index (κ3) is 2.42. The average molecular weight is 268 g/mol. The third-order valence-corrected chi connectivity index (χ3v) is 2.94. The molecule has 0 bridgehead atoms. The van der Waals surface area contributed by atoms with Gasteiger partial charge in [0.1, 0.15) is 5.82 Å². The van der Waals surface area contributed by atoms with E-state index in [-0.39, 0.29) is 5.82 Å². The molecule has 2 heterocycles. The van der Waals surface area contributed by atoms with E-state index in [0.717, 1.165) is 22.5 Å². The highest BCUT2D eigenvalue weighted by atomic mass is 19.1. The fraction of sp³-hybridized carbons (Fsp3) is 0.133. The van der Waals surface area contributed by atoms with E-state index in [4.69, 9.17) is 0 Å². The Balaban J connectivity index is 1.99. The van der Waals surface area contributed by atoms with Crippen LogP contribution in [0.1, 0.15) is 11.4 Å². The van der Waals surface area contributed by atoms with Crippen molar-refractivity contribution in [2.24, 2.45) is 0 Å². The van der Waals surface area contributed by atoms with Crippen molar-refractivity contribution in [3.05, 3.63) is 59.9 Å². The molecule has 3 rings (SSSR count). The van der Waals surface area contributed by atoms with E-state index in [1.54, 1.807) is 23.0 Å². The first-order chi connectivity index (χ1) is 9.61. The summed E-state index contributed by atoms with van der Waals surface area (Å²) in [7, 11) is 0. The lowest BCUT2D eigenvalue weighted by Gasteiger charge is -2.02. The molecule has 0 aliphatic carbocycles. The van der Waals surface area contributed by atoms with Crippen LogP contribution in [0.3, 0.4) is 0 Å². The zero-order valence-electron chi connectivity index (χ0n) is 11.2. The van der Waals surface area contributed by atoms with Gasteiger partial charge in [-0.25, -0.2) is 19.0 Å². The van der Waals surface area contributed by atoms with Gasteiger partial charge in [0.25, 0.3) is 5.95 Å². The van der Waals surface area contributed by atoms with Crippen LogP contribution in [0.4, 0.5) is 4.39 Å². The standard InChI is InChI=1S/C15H13FN4/c1-10-7-11(2)19-15(18-10)20-9-13(8-17-20)12-3-5-14(16)6-4-12/h3-9H,1-2H3. The number of aromatic nitrogens is 4. The molecular weight excluding hydrogens is 255 g/mol. The maximum absolute atomic E-state index is 12.9. The SMILES string of the molecule is Cc1cc(C)nc(-n2cc(-c3ccc(F)cc3)cn2)n1. The number of aryl methyl sites for hydroxylation is 2. The van der Waals surface area contributed by atoms with Crippen LogP contribution in [-0.4, -0.2) is 19.7 Å². The number of rotatable bonds is 2. The second-order valence-corrected chi connectivity index (χ2v) is 4.63. The van der Waals surface area contributed by atoms with E-state index in [9.17, 15) is 4.39 Å². The predicted molar refractivity (Wildman–Crippen MR) is 74.0 cm³/mol. The monoisotopic (exact) mass is 268 g/mol. The van der Waals surface area contributed by atoms with Crippen molar-refractivity contribution in [2.45, 2.75) is 13.8 Å². The van der Waals surface area contributed by atoms with Crippen LogP contribution < -0.4 is 0 Å². The minimum Gasteiger partial charge on any atom is -0.216 e. The molecule has 100 valence electrons. The topological polar surface area (TPSA) is 43.6 Å². The molecule has 0 amide bonds. The Morgan fingerprint density at radius 2 is 1.60 bits per heavy atom. The quantitative estimate of drug-likeness (QED) is 0.717. The van der Waals surface area contributed by atoms with E-state index in [0.29, 0.717) is 5.95 Å². The predicted octanol–water partition coefficient (Wildman–Crippen LogP) is 3.09. The summed E-state index contributed by atoms with van der Waals surface area (Å²) in [6.45, 7) is 3.84. The highest BCUT2D eigenvalue weighted by Crippen LogP contribution is 2.19. The lowest BCUT2D eigenvalue weighted by molar-refractivity contribution is 0.628. The van der Waals surface area contributed by atoms with Gasteiger partial charge in [-0.3, -0.25) is 0 Å². The molecule has 0 aliphatic heterocycles. The largest absolute Gasteiger partial charge is 0.250 e. The van der Waals surface area contributed by atoms with Crippen molar-refractivity contribution in [1.82, 2.24) is 19.7 Å². The first kappa shape index (κ1) is 12.5. The molecule has 0 radical (unpaired) electrons. The highest BCUT2D eigenvalue weighted by Gasteiger charge is 2.06. The van der Waals surface area contributed by atoms with Gasteiger partial charge >= 0.3 is 0 Å². The van der Waals surface area contributed by atoms with Crippen LogP contribution in [0.2, 0.25) is 0 Å². The molecule has 5 heteroatoms. The van der Waals surface area contributed by atoms with Gasteiger partial charge in [-0.15, -0.1) is 0 Å². The summed E-state index contributed by atoms with van der Waals surface area (Å²) < 4.78 is 14.5. The van der Waals surface area contributed by atoms with E-state index >= 15 is 0 Å². The first-order valence-corrected chi connectivity index (χ1v) is 6.25. The average Bonchev–Trinajstić information content (AvgIpc) is 2.88. The van der Waals surface area contributed by atoms with Gasteiger partial charge < -0.3 is 0 Å². The zero-order chi connectivity index (χ0) is 14.1. The van der Waals surface area contributed by atoms with Gasteiger partial charge in [-0.1, -0.05) is 12.1 Å². The summed E-state index contributed by atoms with van der Waals surface area (Å²) in [4.78, 5) is 8.71. The second-order valence-electron chi connectivity index (χ2n) is 4.63. The molecule has 4 nitrogen and oxygen atoms in total. The Bertz CT molecular complexity index is 727. The molecular formula is C15H13FN4. The Kier molecular flexibility index (Phi) is 3.02. The third-order valence-electron chi connectivity index (χ3n) is 2.94. The van der Waals surface area contributed by atoms with Crippen molar-refractivity contribution < 1.29 is 4.39 Å². The molecule has 1 aromatic carbocycles. The zero-order valence-corrected chi connectivity index (χ0v) is 11.2. The van der Waals surface area contributed by atoms with Gasteiger partial charge in [0, 0.05) is 23.1 Å². The lowest BCUT2D eigenvalue weighted by atomic mass is 10.1. The Labute approximate surface area is 115 Å². The van der Waals surface area contributed by atoms with E-state index in [1.165, 1.54) is 12.1 Å². The number of hydrogen-bond donors (Lipinski definition) is 0.